The number of carbonyl (C=O) groups is 2. The van der Waals surface area contributed by atoms with Gasteiger partial charge in [-0.3, -0.25) is 4.79 Å². The zero-order chi connectivity index (χ0) is 11.4. The van der Waals surface area contributed by atoms with Gasteiger partial charge in [0, 0.05) is 11.6 Å². The van der Waals surface area contributed by atoms with Gasteiger partial charge in [-0.2, -0.15) is 0 Å². The van der Waals surface area contributed by atoms with Crippen molar-refractivity contribution in [3.8, 4) is 11.5 Å². The third-order valence-corrected chi connectivity index (χ3v) is 1.83. The molecule has 0 fully saturated rings. The molecule has 0 saturated carbocycles. The van der Waals surface area contributed by atoms with Crippen LogP contribution >= 0.6 is 11.6 Å². The van der Waals surface area contributed by atoms with Gasteiger partial charge in [-0.1, -0.05) is 0 Å². The van der Waals surface area contributed by atoms with Crippen molar-refractivity contribution in [3.63, 3.8) is 0 Å². The molecule has 1 rings (SSSR count). The van der Waals surface area contributed by atoms with Gasteiger partial charge in [0.25, 0.3) is 0 Å². The Morgan fingerprint density at radius 1 is 1.33 bits per heavy atom. The highest BCUT2D eigenvalue weighted by Crippen LogP contribution is 2.25. The number of carbonyl (C=O) groups excluding carboxylic acids is 2. The number of hydrogen-bond acceptors (Lipinski definition) is 4. The third kappa shape index (κ3) is 2.95. The highest BCUT2D eigenvalue weighted by atomic mass is 35.5. The van der Waals surface area contributed by atoms with Gasteiger partial charge in [0.05, 0.1) is 12.7 Å². The summed E-state index contributed by atoms with van der Waals surface area (Å²) in [5.41, 5.74) is -0.731. The van der Waals surface area contributed by atoms with Crippen LogP contribution in [-0.4, -0.2) is 18.3 Å². The number of ether oxygens (including phenoxy) is 2. The number of halogens is 1. The molecule has 80 valence electrons. The number of methoxy groups -OCH3 is 1. The summed E-state index contributed by atoms with van der Waals surface area (Å²) in [4.78, 5) is 21.8. The first-order valence-corrected chi connectivity index (χ1v) is 4.48. The van der Waals surface area contributed by atoms with Crippen molar-refractivity contribution in [2.45, 2.75) is 6.92 Å². The van der Waals surface area contributed by atoms with Gasteiger partial charge < -0.3 is 9.47 Å². The fourth-order valence-corrected chi connectivity index (χ4v) is 1.17. The summed E-state index contributed by atoms with van der Waals surface area (Å²) in [5.74, 6) is 0.402. The van der Waals surface area contributed by atoms with Crippen molar-refractivity contribution in [1.29, 1.82) is 0 Å². The molecule has 1 aromatic carbocycles. The number of rotatable bonds is 3. The third-order valence-electron chi connectivity index (χ3n) is 1.76. The SMILES string of the molecule is COc1ccc(OC(=O)Cl)c(C(C)=O)c1. The van der Waals surface area contributed by atoms with E-state index < -0.39 is 5.43 Å². The summed E-state index contributed by atoms with van der Waals surface area (Å²) in [6, 6.07) is 4.51. The Balaban J connectivity index is 3.15. The molecule has 0 atom stereocenters. The molecule has 4 nitrogen and oxygen atoms in total. The van der Waals surface area contributed by atoms with Crippen LogP contribution in [0.4, 0.5) is 4.79 Å². The van der Waals surface area contributed by atoms with Crippen LogP contribution in [0.15, 0.2) is 18.2 Å². The lowest BCUT2D eigenvalue weighted by Crippen LogP contribution is -2.03. The lowest BCUT2D eigenvalue weighted by molar-refractivity contribution is 0.101. The first-order valence-electron chi connectivity index (χ1n) is 4.11. The lowest BCUT2D eigenvalue weighted by atomic mass is 10.1. The Bertz CT molecular complexity index is 400. The Kier molecular flexibility index (Phi) is 3.68. The van der Waals surface area contributed by atoms with Gasteiger partial charge in [-0.15, -0.1) is 0 Å². The van der Waals surface area contributed by atoms with E-state index in [-0.39, 0.29) is 17.1 Å². The molecule has 0 N–H and O–H groups in total. The van der Waals surface area contributed by atoms with Crippen LogP contribution in [0, 0.1) is 0 Å². The van der Waals surface area contributed by atoms with Crippen LogP contribution in [0.25, 0.3) is 0 Å². The van der Waals surface area contributed by atoms with Crippen LogP contribution in [0.5, 0.6) is 11.5 Å². The van der Waals surface area contributed by atoms with Crippen LogP contribution in [0.1, 0.15) is 17.3 Å². The molecular formula is C10H9ClO4. The Hall–Kier alpha value is -1.55. The van der Waals surface area contributed by atoms with Crippen molar-refractivity contribution < 1.29 is 19.1 Å². The number of Topliss-reactive ketones (excluding diaryl/α,β-unsaturated/α-hetero) is 1. The van der Waals surface area contributed by atoms with E-state index in [0.717, 1.165) is 0 Å². The average Bonchev–Trinajstić information content (AvgIpc) is 2.17. The maximum atomic E-state index is 11.2. The van der Waals surface area contributed by atoms with Gasteiger partial charge in [-0.05, 0) is 25.1 Å². The first kappa shape index (κ1) is 11.5. The Labute approximate surface area is 91.7 Å². The average molecular weight is 229 g/mol. The van der Waals surface area contributed by atoms with Gasteiger partial charge in [0.2, 0.25) is 0 Å². The summed E-state index contributed by atoms with van der Waals surface area (Å²) in [6.45, 7) is 1.36. The van der Waals surface area contributed by atoms with E-state index in [9.17, 15) is 9.59 Å². The van der Waals surface area contributed by atoms with Gasteiger partial charge in [-0.25, -0.2) is 4.79 Å². The fraction of sp³-hybridized carbons (Fsp3) is 0.200. The first-order chi connectivity index (χ1) is 7.04. The maximum Gasteiger partial charge on any atom is 0.409 e. The molecule has 0 unspecified atom stereocenters. The number of ketones is 1. The topological polar surface area (TPSA) is 52.6 Å². The van der Waals surface area contributed by atoms with E-state index in [0.29, 0.717) is 5.75 Å². The van der Waals surface area contributed by atoms with Crippen molar-refractivity contribution in [3.05, 3.63) is 23.8 Å². The van der Waals surface area contributed by atoms with Crippen molar-refractivity contribution in [2.75, 3.05) is 7.11 Å². The van der Waals surface area contributed by atoms with Crippen LogP contribution < -0.4 is 9.47 Å². The van der Waals surface area contributed by atoms with E-state index in [2.05, 4.69) is 4.74 Å². The second-order valence-electron chi connectivity index (χ2n) is 2.76. The standard InChI is InChI=1S/C10H9ClO4/c1-6(12)8-5-7(14-2)3-4-9(8)15-10(11)13/h3-5H,1-2H3. The summed E-state index contributed by atoms with van der Waals surface area (Å²) in [7, 11) is 1.48. The molecule has 0 spiro atoms. The molecule has 0 aliphatic heterocycles. The molecule has 5 heteroatoms. The van der Waals surface area contributed by atoms with Gasteiger partial charge >= 0.3 is 5.43 Å². The van der Waals surface area contributed by atoms with Crippen molar-refractivity contribution in [2.24, 2.45) is 0 Å². The van der Waals surface area contributed by atoms with Crippen LogP contribution in [0.3, 0.4) is 0 Å². The van der Waals surface area contributed by atoms with E-state index >= 15 is 0 Å². The normalized spacial score (nSPS) is 9.53. The van der Waals surface area contributed by atoms with Gasteiger partial charge in [0.1, 0.15) is 11.5 Å². The largest absolute Gasteiger partial charge is 0.497 e. The summed E-state index contributed by atoms with van der Waals surface area (Å²) in [6.07, 6.45) is 0. The molecule has 15 heavy (non-hydrogen) atoms. The molecule has 0 amide bonds. The lowest BCUT2D eigenvalue weighted by Gasteiger charge is -2.07. The monoisotopic (exact) mass is 228 g/mol. The second kappa shape index (κ2) is 4.79. The van der Waals surface area contributed by atoms with E-state index in [4.69, 9.17) is 16.3 Å². The molecular weight excluding hydrogens is 220 g/mol. The summed E-state index contributed by atoms with van der Waals surface area (Å²) < 4.78 is 9.60. The zero-order valence-electron chi connectivity index (χ0n) is 8.24. The molecule has 0 radical (unpaired) electrons. The summed E-state index contributed by atoms with van der Waals surface area (Å²) in [5, 5.41) is 0. The molecule has 1 aromatic rings. The minimum atomic E-state index is -0.984. The minimum Gasteiger partial charge on any atom is -0.497 e. The molecule has 0 aliphatic carbocycles. The van der Waals surface area contributed by atoms with E-state index in [1.807, 2.05) is 0 Å². The maximum absolute atomic E-state index is 11.2. The fourth-order valence-electron chi connectivity index (χ4n) is 1.09. The van der Waals surface area contributed by atoms with Crippen molar-refractivity contribution >= 4 is 22.8 Å². The second-order valence-corrected chi connectivity index (χ2v) is 3.07. The predicted molar refractivity (Wildman–Crippen MR) is 54.9 cm³/mol. The molecule has 0 aromatic heterocycles. The van der Waals surface area contributed by atoms with Gasteiger partial charge in [0.15, 0.2) is 5.78 Å². The van der Waals surface area contributed by atoms with E-state index in [1.165, 1.54) is 26.2 Å². The van der Waals surface area contributed by atoms with Crippen molar-refractivity contribution in [1.82, 2.24) is 0 Å². The molecule has 0 bridgehead atoms. The van der Waals surface area contributed by atoms with Crippen LogP contribution in [0.2, 0.25) is 0 Å². The molecule has 0 heterocycles. The summed E-state index contributed by atoms with van der Waals surface area (Å²) >= 11 is 5.06. The highest BCUT2D eigenvalue weighted by Gasteiger charge is 2.12. The predicted octanol–water partition coefficient (Wildman–Crippen LogP) is 2.64. The smallest absolute Gasteiger partial charge is 0.409 e. The number of hydrogen-bond donors (Lipinski definition) is 0. The molecule has 0 aliphatic rings. The number of benzene rings is 1. The highest BCUT2D eigenvalue weighted by molar-refractivity contribution is 6.61. The zero-order valence-corrected chi connectivity index (χ0v) is 9.00. The minimum absolute atomic E-state index is 0.128. The van der Waals surface area contributed by atoms with Crippen LogP contribution in [-0.2, 0) is 0 Å². The Morgan fingerprint density at radius 3 is 2.47 bits per heavy atom. The van der Waals surface area contributed by atoms with E-state index in [1.54, 1.807) is 6.07 Å². The molecule has 0 saturated heterocycles. The quantitative estimate of drug-likeness (QED) is 0.590. The Morgan fingerprint density at radius 2 is 2.00 bits per heavy atom.